The number of phenols is 1. The second-order valence-corrected chi connectivity index (χ2v) is 6.87. The zero-order valence-electron chi connectivity index (χ0n) is 13.4. The summed E-state index contributed by atoms with van der Waals surface area (Å²) < 4.78 is 13.3. The van der Waals surface area contributed by atoms with E-state index in [0.717, 1.165) is 19.5 Å². The minimum Gasteiger partial charge on any atom is -0.507 e. The molecule has 0 aromatic heterocycles. The molecule has 0 spiro atoms. The number of amides is 1. The number of benzene rings is 1. The molecule has 2 aliphatic rings. The number of carbonyl (C=O) groups is 1. The lowest BCUT2D eigenvalue weighted by atomic mass is 10.2. The molecule has 0 bridgehead atoms. The van der Waals surface area contributed by atoms with E-state index in [9.17, 15) is 14.3 Å². The number of hydrogen-bond donors (Lipinski definition) is 1. The van der Waals surface area contributed by atoms with Gasteiger partial charge >= 0.3 is 0 Å². The average Bonchev–Trinajstić information content (AvgIpc) is 3.10. The molecule has 130 valence electrons. The van der Waals surface area contributed by atoms with Gasteiger partial charge in [0.15, 0.2) is 5.17 Å². The Morgan fingerprint density at radius 1 is 1.46 bits per heavy atom. The first-order valence-corrected chi connectivity index (χ1v) is 8.18. The number of likely N-dealkylation sites (N-methyl/N-ethyl adjacent to an activating group) is 1. The van der Waals surface area contributed by atoms with Gasteiger partial charge in [-0.05, 0) is 56.6 Å². The van der Waals surface area contributed by atoms with E-state index in [-0.39, 0.29) is 29.6 Å². The predicted molar refractivity (Wildman–Crippen MR) is 97.0 cm³/mol. The smallest absolute Gasteiger partial charge is 0.286 e. The van der Waals surface area contributed by atoms with Crippen molar-refractivity contribution in [3.63, 3.8) is 0 Å². The number of aromatic hydroxyl groups is 1. The first-order valence-electron chi connectivity index (χ1n) is 7.36. The summed E-state index contributed by atoms with van der Waals surface area (Å²) in [5, 5.41) is 10.5. The van der Waals surface area contributed by atoms with Gasteiger partial charge in [-0.2, -0.15) is 4.99 Å². The molecule has 0 aliphatic carbocycles. The van der Waals surface area contributed by atoms with Gasteiger partial charge in [-0.25, -0.2) is 4.39 Å². The number of rotatable bonds is 2. The third-order valence-corrected chi connectivity index (χ3v) is 5.09. The van der Waals surface area contributed by atoms with Crippen LogP contribution in [0.25, 0.3) is 6.08 Å². The van der Waals surface area contributed by atoms with Gasteiger partial charge in [-0.3, -0.25) is 4.79 Å². The predicted octanol–water partition coefficient (Wildman–Crippen LogP) is 2.56. The third-order valence-electron chi connectivity index (χ3n) is 4.05. The van der Waals surface area contributed by atoms with Crippen LogP contribution in [0.1, 0.15) is 12.0 Å². The summed E-state index contributed by atoms with van der Waals surface area (Å²) in [6.07, 6.45) is 2.52. The van der Waals surface area contributed by atoms with Crippen molar-refractivity contribution in [2.75, 3.05) is 27.2 Å². The molecule has 0 saturated carbocycles. The van der Waals surface area contributed by atoms with E-state index in [1.807, 2.05) is 14.1 Å². The summed E-state index contributed by atoms with van der Waals surface area (Å²) in [6, 6.07) is 4.10. The first kappa shape index (κ1) is 18.8. The first-order chi connectivity index (χ1) is 10.9. The second kappa shape index (κ2) is 7.55. The largest absolute Gasteiger partial charge is 0.507 e. The topological polar surface area (TPSA) is 56.1 Å². The van der Waals surface area contributed by atoms with Crippen molar-refractivity contribution in [2.24, 2.45) is 4.99 Å². The lowest BCUT2D eigenvalue weighted by molar-refractivity contribution is -0.113. The van der Waals surface area contributed by atoms with Crippen LogP contribution in [0.2, 0.25) is 0 Å². The van der Waals surface area contributed by atoms with E-state index < -0.39 is 5.82 Å². The van der Waals surface area contributed by atoms with Gasteiger partial charge in [-0.15, -0.1) is 12.4 Å². The fourth-order valence-electron chi connectivity index (χ4n) is 2.65. The molecule has 5 nitrogen and oxygen atoms in total. The molecular weight excluding hydrogens is 353 g/mol. The number of halogens is 2. The second-order valence-electron chi connectivity index (χ2n) is 5.87. The Kier molecular flexibility index (Phi) is 5.90. The summed E-state index contributed by atoms with van der Waals surface area (Å²) in [7, 11) is 4.09. The number of thioether (sulfide) groups is 1. The molecule has 1 saturated heterocycles. The highest BCUT2D eigenvalue weighted by Gasteiger charge is 2.32. The molecule has 0 radical (unpaired) electrons. The molecule has 8 heteroatoms. The van der Waals surface area contributed by atoms with E-state index in [0.29, 0.717) is 16.1 Å². The third kappa shape index (κ3) is 3.91. The maximum absolute atomic E-state index is 13.3. The number of aliphatic imine (C=N–C) groups is 1. The molecule has 1 N–H and O–H groups in total. The summed E-state index contributed by atoms with van der Waals surface area (Å²) in [6.45, 7) is 1.70. The number of hydrogen-bond acceptors (Lipinski definition) is 5. The quantitative estimate of drug-likeness (QED) is 0.810. The highest BCUT2D eigenvalue weighted by atomic mass is 35.5. The Bertz CT molecular complexity index is 709. The van der Waals surface area contributed by atoms with Gasteiger partial charge in [0.25, 0.3) is 5.91 Å². The zero-order valence-corrected chi connectivity index (χ0v) is 15.0. The summed E-state index contributed by atoms with van der Waals surface area (Å²) in [5.41, 5.74) is 0.282. The van der Waals surface area contributed by atoms with Crippen LogP contribution in [0.5, 0.6) is 5.75 Å². The Balaban J connectivity index is 0.00000208. The van der Waals surface area contributed by atoms with E-state index in [1.54, 1.807) is 0 Å². The van der Waals surface area contributed by atoms with Crippen LogP contribution in [0.4, 0.5) is 4.39 Å². The minimum atomic E-state index is -0.459. The van der Waals surface area contributed by atoms with Crippen molar-refractivity contribution in [1.82, 2.24) is 9.80 Å². The SMILES string of the molecule is CN(C)[C@@H]1CCN(C2=NC(=O)C(=Cc3cc(F)ccc3O)S2)C1.Cl. The molecule has 1 amide bonds. The van der Waals surface area contributed by atoms with Crippen LogP contribution < -0.4 is 0 Å². The van der Waals surface area contributed by atoms with E-state index in [1.165, 1.54) is 36.0 Å². The fourth-order valence-corrected chi connectivity index (χ4v) is 3.59. The minimum absolute atomic E-state index is 0. The highest BCUT2D eigenvalue weighted by Crippen LogP contribution is 2.33. The number of nitrogens with zero attached hydrogens (tertiary/aromatic N) is 3. The Labute approximate surface area is 150 Å². The molecule has 1 aromatic carbocycles. The average molecular weight is 372 g/mol. The van der Waals surface area contributed by atoms with E-state index >= 15 is 0 Å². The van der Waals surface area contributed by atoms with E-state index in [2.05, 4.69) is 14.8 Å². The van der Waals surface area contributed by atoms with Crippen LogP contribution in [-0.4, -0.2) is 59.2 Å². The summed E-state index contributed by atoms with van der Waals surface area (Å²) >= 11 is 1.27. The van der Waals surface area contributed by atoms with Crippen LogP contribution in [0.15, 0.2) is 28.1 Å². The van der Waals surface area contributed by atoms with Gasteiger partial charge in [0.1, 0.15) is 11.6 Å². The van der Waals surface area contributed by atoms with Crippen molar-refractivity contribution in [3.05, 3.63) is 34.5 Å². The molecule has 3 rings (SSSR count). The van der Waals surface area contributed by atoms with Crippen LogP contribution in [-0.2, 0) is 4.79 Å². The number of carbonyl (C=O) groups excluding carboxylic acids is 1. The van der Waals surface area contributed by atoms with Crippen LogP contribution >= 0.6 is 24.2 Å². The van der Waals surface area contributed by atoms with Gasteiger partial charge in [0, 0.05) is 24.7 Å². The molecule has 2 heterocycles. The van der Waals surface area contributed by atoms with Crippen molar-refractivity contribution in [1.29, 1.82) is 0 Å². The highest BCUT2D eigenvalue weighted by molar-refractivity contribution is 8.18. The van der Waals surface area contributed by atoms with Gasteiger partial charge in [0.05, 0.1) is 4.91 Å². The van der Waals surface area contributed by atoms with Crippen molar-refractivity contribution < 1.29 is 14.3 Å². The lowest BCUT2D eigenvalue weighted by Gasteiger charge is -2.20. The number of likely N-dealkylation sites (tertiary alicyclic amines) is 1. The zero-order chi connectivity index (χ0) is 16.6. The van der Waals surface area contributed by atoms with Crippen molar-refractivity contribution >= 4 is 41.3 Å². The summed E-state index contributed by atoms with van der Waals surface area (Å²) in [4.78, 5) is 20.8. The van der Waals surface area contributed by atoms with Crippen LogP contribution in [0.3, 0.4) is 0 Å². The van der Waals surface area contributed by atoms with Crippen molar-refractivity contribution in [3.8, 4) is 5.75 Å². The normalized spacial score (nSPS) is 22.2. The maximum Gasteiger partial charge on any atom is 0.286 e. The fraction of sp³-hybridized carbons (Fsp3) is 0.375. The van der Waals surface area contributed by atoms with Crippen molar-refractivity contribution in [2.45, 2.75) is 12.5 Å². The van der Waals surface area contributed by atoms with Gasteiger partial charge < -0.3 is 14.9 Å². The molecular formula is C16H19ClFN3O2S. The lowest BCUT2D eigenvalue weighted by Crippen LogP contribution is -2.33. The number of amidine groups is 1. The number of phenolic OH excluding ortho intramolecular Hbond substituents is 1. The molecule has 0 unspecified atom stereocenters. The van der Waals surface area contributed by atoms with Gasteiger partial charge in [-0.1, -0.05) is 0 Å². The standard InChI is InChI=1S/C16H18FN3O2S.ClH/c1-19(2)12-5-6-20(9-12)16-18-15(22)14(23-16)8-10-7-11(17)3-4-13(10)21;/h3-4,7-8,12,21H,5-6,9H2,1-2H3;1H/t12-;/m1./s1. The molecule has 2 aliphatic heterocycles. The summed E-state index contributed by atoms with van der Waals surface area (Å²) in [5.74, 6) is -0.865. The van der Waals surface area contributed by atoms with Crippen LogP contribution in [0, 0.1) is 5.82 Å². The molecule has 1 atom stereocenters. The Hall–Kier alpha value is -1.57. The molecule has 1 fully saturated rings. The maximum atomic E-state index is 13.3. The Morgan fingerprint density at radius 2 is 2.21 bits per heavy atom. The molecule has 1 aromatic rings. The Morgan fingerprint density at radius 3 is 2.88 bits per heavy atom. The van der Waals surface area contributed by atoms with E-state index in [4.69, 9.17) is 0 Å². The monoisotopic (exact) mass is 371 g/mol. The van der Waals surface area contributed by atoms with Gasteiger partial charge in [0.2, 0.25) is 0 Å². The molecule has 24 heavy (non-hydrogen) atoms.